The number of H-pyrrole nitrogens is 1. The summed E-state index contributed by atoms with van der Waals surface area (Å²) >= 11 is 5.13. The van der Waals surface area contributed by atoms with Gasteiger partial charge in [-0.2, -0.15) is 0 Å². The molecule has 1 aromatic rings. The third-order valence-electron chi connectivity index (χ3n) is 3.15. The monoisotopic (exact) mass is 240 g/mol. The van der Waals surface area contributed by atoms with Gasteiger partial charge in [0.05, 0.1) is 0 Å². The fourth-order valence-electron chi connectivity index (χ4n) is 2.00. The van der Waals surface area contributed by atoms with Crippen molar-refractivity contribution in [3.05, 3.63) is 27.4 Å². The SMILES string of the molecule is CC1(Cn2ccc(=O)[nH]c2=S)CCOCC1. The summed E-state index contributed by atoms with van der Waals surface area (Å²) in [5.41, 5.74) is 0.0766. The number of ether oxygens (including phenoxy) is 1. The molecule has 1 aliphatic heterocycles. The summed E-state index contributed by atoms with van der Waals surface area (Å²) in [5.74, 6) is 0. The molecule has 0 saturated carbocycles. The highest BCUT2D eigenvalue weighted by molar-refractivity contribution is 7.71. The summed E-state index contributed by atoms with van der Waals surface area (Å²) in [7, 11) is 0. The van der Waals surface area contributed by atoms with Crippen LogP contribution in [0, 0.1) is 10.2 Å². The number of aromatic amines is 1. The number of nitrogens with zero attached hydrogens (tertiary/aromatic N) is 1. The van der Waals surface area contributed by atoms with Crippen LogP contribution in [-0.2, 0) is 11.3 Å². The first-order valence-corrected chi connectivity index (χ1v) is 5.87. The molecule has 4 nitrogen and oxygen atoms in total. The van der Waals surface area contributed by atoms with E-state index in [2.05, 4.69) is 11.9 Å². The molecule has 0 aromatic carbocycles. The normalized spacial score (nSPS) is 19.6. The highest BCUT2D eigenvalue weighted by atomic mass is 32.1. The molecule has 1 aliphatic rings. The van der Waals surface area contributed by atoms with E-state index in [1.54, 1.807) is 6.20 Å². The van der Waals surface area contributed by atoms with Gasteiger partial charge in [-0.1, -0.05) is 6.92 Å². The maximum absolute atomic E-state index is 11.1. The van der Waals surface area contributed by atoms with Crippen LogP contribution < -0.4 is 5.56 Å². The summed E-state index contributed by atoms with van der Waals surface area (Å²) in [5, 5.41) is 0. The van der Waals surface area contributed by atoms with Gasteiger partial charge >= 0.3 is 0 Å². The molecule has 2 heterocycles. The lowest BCUT2D eigenvalue weighted by atomic mass is 9.82. The van der Waals surface area contributed by atoms with E-state index in [4.69, 9.17) is 17.0 Å². The second-order valence-electron chi connectivity index (χ2n) is 4.66. The first-order valence-electron chi connectivity index (χ1n) is 5.47. The predicted molar refractivity (Wildman–Crippen MR) is 64.0 cm³/mol. The molecule has 16 heavy (non-hydrogen) atoms. The third kappa shape index (κ3) is 2.59. The van der Waals surface area contributed by atoms with E-state index in [1.807, 2.05) is 4.57 Å². The lowest BCUT2D eigenvalue weighted by Crippen LogP contribution is -2.31. The van der Waals surface area contributed by atoms with Crippen LogP contribution in [0.15, 0.2) is 17.1 Å². The smallest absolute Gasteiger partial charge is 0.251 e. The van der Waals surface area contributed by atoms with Gasteiger partial charge in [0.2, 0.25) is 0 Å². The van der Waals surface area contributed by atoms with E-state index < -0.39 is 0 Å². The molecule has 0 amide bonds. The molecule has 0 atom stereocenters. The maximum atomic E-state index is 11.1. The molecule has 0 aliphatic carbocycles. The predicted octanol–water partition coefficient (Wildman–Crippen LogP) is 1.72. The summed E-state index contributed by atoms with van der Waals surface area (Å²) in [6, 6.07) is 1.51. The zero-order chi connectivity index (χ0) is 11.6. The Hall–Kier alpha value is -0.940. The Balaban J connectivity index is 2.19. The minimum absolute atomic E-state index is 0.140. The van der Waals surface area contributed by atoms with Gasteiger partial charge < -0.3 is 9.30 Å². The number of hydrogen-bond donors (Lipinski definition) is 1. The van der Waals surface area contributed by atoms with Crippen molar-refractivity contribution in [2.75, 3.05) is 13.2 Å². The molecule has 5 heteroatoms. The molecule has 88 valence electrons. The van der Waals surface area contributed by atoms with E-state index >= 15 is 0 Å². The Morgan fingerprint density at radius 3 is 2.88 bits per heavy atom. The fraction of sp³-hybridized carbons (Fsp3) is 0.636. The molecular formula is C11H16N2O2S. The van der Waals surface area contributed by atoms with Gasteiger partial charge in [0.1, 0.15) is 0 Å². The highest BCUT2D eigenvalue weighted by Crippen LogP contribution is 2.31. The quantitative estimate of drug-likeness (QED) is 0.801. The summed E-state index contributed by atoms with van der Waals surface area (Å²) in [4.78, 5) is 13.7. The molecule has 0 radical (unpaired) electrons. The molecular weight excluding hydrogens is 224 g/mol. The topological polar surface area (TPSA) is 47.0 Å². The lowest BCUT2D eigenvalue weighted by molar-refractivity contribution is 0.0151. The minimum Gasteiger partial charge on any atom is -0.381 e. The van der Waals surface area contributed by atoms with Gasteiger partial charge in [-0.05, 0) is 30.5 Å². The van der Waals surface area contributed by atoms with Gasteiger partial charge in [0.15, 0.2) is 4.77 Å². The van der Waals surface area contributed by atoms with Gasteiger partial charge in [-0.15, -0.1) is 0 Å². The zero-order valence-electron chi connectivity index (χ0n) is 9.36. The highest BCUT2D eigenvalue weighted by Gasteiger charge is 2.27. The molecule has 0 unspecified atom stereocenters. The second kappa shape index (κ2) is 4.51. The van der Waals surface area contributed by atoms with E-state index in [1.165, 1.54) is 6.07 Å². The van der Waals surface area contributed by atoms with Crippen LogP contribution in [0.3, 0.4) is 0 Å². The van der Waals surface area contributed by atoms with E-state index in [-0.39, 0.29) is 11.0 Å². The van der Waals surface area contributed by atoms with Crippen molar-refractivity contribution in [2.45, 2.75) is 26.3 Å². The Labute approximate surface area is 99.3 Å². The van der Waals surface area contributed by atoms with Crippen molar-refractivity contribution < 1.29 is 4.74 Å². The molecule has 0 spiro atoms. The molecule has 1 saturated heterocycles. The first-order chi connectivity index (χ1) is 7.59. The van der Waals surface area contributed by atoms with E-state index in [9.17, 15) is 4.79 Å². The Bertz CT molecular complexity index is 471. The van der Waals surface area contributed by atoms with Crippen LogP contribution in [0.4, 0.5) is 0 Å². The summed E-state index contributed by atoms with van der Waals surface area (Å²) in [6.07, 6.45) is 3.84. The van der Waals surface area contributed by atoms with Crippen molar-refractivity contribution in [3.8, 4) is 0 Å². The second-order valence-corrected chi connectivity index (χ2v) is 5.05. The van der Waals surface area contributed by atoms with Crippen LogP contribution in [0.1, 0.15) is 19.8 Å². The van der Waals surface area contributed by atoms with Crippen LogP contribution in [0.5, 0.6) is 0 Å². The fourth-order valence-corrected chi connectivity index (χ4v) is 2.23. The van der Waals surface area contributed by atoms with Gasteiger partial charge in [0, 0.05) is 32.0 Å². The largest absolute Gasteiger partial charge is 0.381 e. The van der Waals surface area contributed by atoms with Crippen molar-refractivity contribution >= 4 is 12.2 Å². The average molecular weight is 240 g/mol. The van der Waals surface area contributed by atoms with Crippen LogP contribution in [0.2, 0.25) is 0 Å². The van der Waals surface area contributed by atoms with E-state index in [0.717, 1.165) is 32.6 Å². The Morgan fingerprint density at radius 2 is 2.25 bits per heavy atom. The van der Waals surface area contributed by atoms with Gasteiger partial charge in [-0.25, -0.2) is 0 Å². The molecule has 1 fully saturated rings. The summed E-state index contributed by atoms with van der Waals surface area (Å²) < 4.78 is 7.79. The number of nitrogens with one attached hydrogen (secondary N) is 1. The minimum atomic E-state index is -0.140. The van der Waals surface area contributed by atoms with Crippen molar-refractivity contribution in [3.63, 3.8) is 0 Å². The first kappa shape index (κ1) is 11.5. The molecule has 1 aromatic heterocycles. The molecule has 2 rings (SSSR count). The number of rotatable bonds is 2. The van der Waals surface area contributed by atoms with Gasteiger partial charge in [0.25, 0.3) is 5.56 Å². The molecule has 1 N–H and O–H groups in total. The molecule has 0 bridgehead atoms. The van der Waals surface area contributed by atoms with Crippen LogP contribution in [0.25, 0.3) is 0 Å². The standard InChI is InChI=1S/C11H16N2O2S/c1-11(3-6-15-7-4-11)8-13-5-2-9(14)12-10(13)16/h2,5H,3-4,6-8H2,1H3,(H,12,14,16). The Kier molecular flexibility index (Phi) is 3.25. The summed E-state index contributed by atoms with van der Waals surface area (Å²) in [6.45, 7) is 4.70. The van der Waals surface area contributed by atoms with Crippen LogP contribution in [-0.4, -0.2) is 22.8 Å². The van der Waals surface area contributed by atoms with E-state index in [0.29, 0.717) is 4.77 Å². The zero-order valence-corrected chi connectivity index (χ0v) is 10.2. The average Bonchev–Trinajstić information content (AvgIpc) is 2.23. The van der Waals surface area contributed by atoms with Crippen molar-refractivity contribution in [2.24, 2.45) is 5.41 Å². The Morgan fingerprint density at radius 1 is 1.56 bits per heavy atom. The lowest BCUT2D eigenvalue weighted by Gasteiger charge is -2.34. The van der Waals surface area contributed by atoms with Crippen molar-refractivity contribution in [1.82, 2.24) is 9.55 Å². The maximum Gasteiger partial charge on any atom is 0.251 e. The number of aromatic nitrogens is 2. The van der Waals surface area contributed by atoms with Crippen molar-refractivity contribution in [1.29, 1.82) is 0 Å². The van der Waals surface area contributed by atoms with Crippen LogP contribution >= 0.6 is 12.2 Å². The number of hydrogen-bond acceptors (Lipinski definition) is 3. The van der Waals surface area contributed by atoms with Gasteiger partial charge in [-0.3, -0.25) is 9.78 Å². The third-order valence-corrected chi connectivity index (χ3v) is 3.49.